The molecule has 154 valence electrons. The van der Waals surface area contributed by atoms with Crippen molar-refractivity contribution in [3.8, 4) is 0 Å². The van der Waals surface area contributed by atoms with E-state index in [-0.39, 0.29) is 31.0 Å². The number of carbonyl (C=O) groups excluding carboxylic acids is 4. The van der Waals surface area contributed by atoms with Gasteiger partial charge in [-0.15, -0.1) is 0 Å². The van der Waals surface area contributed by atoms with Crippen LogP contribution in [0.15, 0.2) is 12.2 Å². The van der Waals surface area contributed by atoms with Gasteiger partial charge in [-0.3, -0.25) is 14.4 Å². The minimum Gasteiger partial charge on any atom is -0.469 e. The number of hydrogen-bond acceptors (Lipinski definition) is 8. The Morgan fingerprint density at radius 3 is 2.54 bits per heavy atom. The number of ether oxygens (including phenoxy) is 4. The summed E-state index contributed by atoms with van der Waals surface area (Å²) in [6, 6.07) is 0. The average molecular weight is 394 g/mol. The Bertz CT molecular complexity index is 711. The minimum atomic E-state index is -1.15. The topological polar surface area (TPSA) is 105 Å². The maximum absolute atomic E-state index is 13.2. The van der Waals surface area contributed by atoms with Crippen LogP contribution >= 0.6 is 0 Å². The Balaban J connectivity index is 1.81. The van der Waals surface area contributed by atoms with Gasteiger partial charge in [0, 0.05) is 12.0 Å². The molecule has 2 aliphatic carbocycles. The number of rotatable bonds is 7. The van der Waals surface area contributed by atoms with E-state index in [0.717, 1.165) is 0 Å². The molecule has 2 saturated carbocycles. The molecule has 0 N–H and O–H groups in total. The summed E-state index contributed by atoms with van der Waals surface area (Å²) in [6.45, 7) is 5.18. The van der Waals surface area contributed by atoms with Gasteiger partial charge in [0.05, 0.1) is 24.4 Å². The van der Waals surface area contributed by atoms with Gasteiger partial charge in [-0.25, -0.2) is 4.79 Å². The summed E-state index contributed by atoms with van der Waals surface area (Å²) in [4.78, 5) is 49.6. The summed E-state index contributed by atoms with van der Waals surface area (Å²) in [7, 11) is 1.29. The van der Waals surface area contributed by atoms with Gasteiger partial charge in [0.2, 0.25) is 0 Å². The molecule has 1 saturated heterocycles. The van der Waals surface area contributed by atoms with E-state index in [9.17, 15) is 19.2 Å². The molecule has 0 spiro atoms. The number of esters is 4. The normalized spacial score (nSPS) is 35.3. The van der Waals surface area contributed by atoms with Crippen molar-refractivity contribution in [3.05, 3.63) is 12.2 Å². The van der Waals surface area contributed by atoms with Crippen molar-refractivity contribution in [1.82, 2.24) is 0 Å². The zero-order chi connectivity index (χ0) is 20.6. The fourth-order valence-corrected chi connectivity index (χ4v) is 5.53. The van der Waals surface area contributed by atoms with Gasteiger partial charge < -0.3 is 18.9 Å². The van der Waals surface area contributed by atoms with E-state index in [1.165, 1.54) is 13.2 Å². The summed E-state index contributed by atoms with van der Waals surface area (Å²) in [5.74, 6) is -4.10. The number of hydrogen-bond donors (Lipinski definition) is 0. The van der Waals surface area contributed by atoms with Gasteiger partial charge in [-0.2, -0.15) is 0 Å². The third kappa shape index (κ3) is 2.81. The first-order chi connectivity index (χ1) is 13.3. The molecule has 0 aromatic heterocycles. The smallest absolute Gasteiger partial charge is 0.330 e. The Hall–Kier alpha value is -2.38. The van der Waals surface area contributed by atoms with Crippen LogP contribution in [0.25, 0.3) is 0 Å². The molecule has 3 aliphatic rings. The summed E-state index contributed by atoms with van der Waals surface area (Å²) < 4.78 is 20.8. The second-order valence-electron chi connectivity index (χ2n) is 7.83. The van der Waals surface area contributed by atoms with E-state index in [2.05, 4.69) is 0 Å². The lowest BCUT2D eigenvalue weighted by molar-refractivity contribution is -0.176. The third-order valence-electron chi connectivity index (χ3n) is 6.44. The van der Waals surface area contributed by atoms with Crippen molar-refractivity contribution in [2.75, 3.05) is 20.3 Å². The first-order valence-corrected chi connectivity index (χ1v) is 9.55. The highest BCUT2D eigenvalue weighted by atomic mass is 16.6. The van der Waals surface area contributed by atoms with Crippen LogP contribution in [-0.2, 0) is 38.1 Å². The Kier molecular flexibility index (Phi) is 5.50. The standard InChI is InChI=1S/C20H26O8/c1-5-6-13(21)26-7-8-27-19(24)20(10(2)3)12-9-11-15(20)18(23)28-16(11)14(12)17(22)25-4/h5-6,10-12,14-16H,7-9H2,1-4H3/b6-5+. The van der Waals surface area contributed by atoms with Crippen molar-refractivity contribution >= 4 is 23.9 Å². The van der Waals surface area contributed by atoms with E-state index in [1.54, 1.807) is 13.0 Å². The van der Waals surface area contributed by atoms with Gasteiger partial charge in [0.1, 0.15) is 19.3 Å². The molecule has 3 rings (SSSR count). The van der Waals surface area contributed by atoms with Crippen molar-refractivity contribution < 1.29 is 38.1 Å². The van der Waals surface area contributed by atoms with Crippen molar-refractivity contribution in [3.63, 3.8) is 0 Å². The fraction of sp³-hybridized carbons (Fsp3) is 0.700. The van der Waals surface area contributed by atoms with Gasteiger partial charge >= 0.3 is 23.9 Å². The molecular formula is C20H26O8. The van der Waals surface area contributed by atoms with Gasteiger partial charge in [-0.05, 0) is 25.2 Å². The molecule has 0 radical (unpaired) electrons. The predicted molar refractivity (Wildman–Crippen MR) is 94.5 cm³/mol. The maximum atomic E-state index is 13.2. The van der Waals surface area contributed by atoms with E-state index >= 15 is 0 Å². The molecule has 1 heterocycles. The molecule has 1 aliphatic heterocycles. The molecule has 0 amide bonds. The van der Waals surface area contributed by atoms with Crippen LogP contribution in [0.2, 0.25) is 0 Å². The highest BCUT2D eigenvalue weighted by molar-refractivity contribution is 5.92. The first kappa shape index (κ1) is 20.4. The van der Waals surface area contributed by atoms with E-state index in [4.69, 9.17) is 18.9 Å². The SMILES string of the molecule is C/C=C/C(=O)OCCOC(=O)C1(C(C)C)C2CC3C(OC(=O)C31)C2C(=O)OC. The molecule has 3 fully saturated rings. The van der Waals surface area contributed by atoms with Crippen LogP contribution in [-0.4, -0.2) is 50.3 Å². The zero-order valence-corrected chi connectivity index (χ0v) is 16.5. The minimum absolute atomic E-state index is 0.0879. The average Bonchev–Trinajstić information content (AvgIpc) is 3.25. The summed E-state index contributed by atoms with van der Waals surface area (Å²) in [6.07, 6.45) is 2.83. The monoisotopic (exact) mass is 394 g/mol. The Labute approximate surface area is 163 Å². The zero-order valence-electron chi connectivity index (χ0n) is 16.5. The van der Waals surface area contributed by atoms with Crippen molar-refractivity contribution in [2.45, 2.75) is 33.3 Å². The van der Waals surface area contributed by atoms with Gasteiger partial charge in [0.15, 0.2) is 0 Å². The molecular weight excluding hydrogens is 368 g/mol. The second kappa shape index (κ2) is 7.56. The number of allylic oxidation sites excluding steroid dienone is 1. The third-order valence-corrected chi connectivity index (χ3v) is 6.44. The molecule has 6 atom stereocenters. The lowest BCUT2D eigenvalue weighted by Gasteiger charge is -2.43. The quantitative estimate of drug-likeness (QED) is 0.275. The number of methoxy groups -OCH3 is 1. The van der Waals surface area contributed by atoms with E-state index in [0.29, 0.717) is 6.42 Å². The summed E-state index contributed by atoms with van der Waals surface area (Å²) in [5.41, 5.74) is -1.15. The number of carbonyl (C=O) groups is 4. The van der Waals surface area contributed by atoms with Gasteiger partial charge in [-0.1, -0.05) is 19.9 Å². The molecule has 0 aromatic rings. The summed E-state index contributed by atoms with van der Waals surface area (Å²) >= 11 is 0. The van der Waals surface area contributed by atoms with Crippen LogP contribution in [0.5, 0.6) is 0 Å². The lowest BCUT2D eigenvalue weighted by atomic mass is 9.57. The fourth-order valence-electron chi connectivity index (χ4n) is 5.53. The van der Waals surface area contributed by atoms with E-state index < -0.39 is 47.2 Å². The second-order valence-corrected chi connectivity index (χ2v) is 7.83. The largest absolute Gasteiger partial charge is 0.469 e. The molecule has 0 aromatic carbocycles. The molecule has 6 unspecified atom stereocenters. The van der Waals surface area contributed by atoms with Crippen LogP contribution in [0, 0.1) is 35.0 Å². The van der Waals surface area contributed by atoms with Crippen LogP contribution < -0.4 is 0 Å². The Morgan fingerprint density at radius 1 is 1.25 bits per heavy atom. The van der Waals surface area contributed by atoms with Crippen molar-refractivity contribution in [2.24, 2.45) is 35.0 Å². The van der Waals surface area contributed by atoms with Crippen LogP contribution in [0.1, 0.15) is 27.2 Å². The molecule has 8 nitrogen and oxygen atoms in total. The summed E-state index contributed by atoms with van der Waals surface area (Å²) in [5, 5.41) is 0. The molecule has 2 bridgehead atoms. The van der Waals surface area contributed by atoms with E-state index in [1.807, 2.05) is 13.8 Å². The van der Waals surface area contributed by atoms with Gasteiger partial charge in [0.25, 0.3) is 0 Å². The molecule has 8 heteroatoms. The Morgan fingerprint density at radius 2 is 1.93 bits per heavy atom. The highest BCUT2D eigenvalue weighted by Gasteiger charge is 2.78. The number of fused-ring (bicyclic) bond motifs is 1. The van der Waals surface area contributed by atoms with Crippen LogP contribution in [0.4, 0.5) is 0 Å². The maximum Gasteiger partial charge on any atom is 0.330 e. The first-order valence-electron chi connectivity index (χ1n) is 9.55. The van der Waals surface area contributed by atoms with Crippen LogP contribution in [0.3, 0.4) is 0 Å². The highest BCUT2D eigenvalue weighted by Crippen LogP contribution is 2.69. The van der Waals surface area contributed by atoms with Crippen molar-refractivity contribution in [1.29, 1.82) is 0 Å². The lowest BCUT2D eigenvalue weighted by Crippen LogP contribution is -2.54. The molecule has 28 heavy (non-hydrogen) atoms. The predicted octanol–water partition coefficient (Wildman–Crippen LogP) is 1.27.